The Morgan fingerprint density at radius 3 is 1.23 bits per heavy atom. The Hall–Kier alpha value is -6.94. The van der Waals surface area contributed by atoms with E-state index in [1.54, 1.807) is 75.6 Å². The number of hydrogen-bond acceptors (Lipinski definition) is 14. The van der Waals surface area contributed by atoms with Gasteiger partial charge in [-0.3, -0.25) is 28.8 Å². The Morgan fingerprint density at radius 2 is 0.893 bits per heavy atom. The van der Waals surface area contributed by atoms with E-state index in [2.05, 4.69) is 21.3 Å². The second kappa shape index (κ2) is 33.5. The number of nitrogens with two attached hydrogens (primary N) is 2. The van der Waals surface area contributed by atoms with Gasteiger partial charge in [0.15, 0.2) is 0 Å². The zero-order valence-electron chi connectivity index (χ0n) is 50.5. The zero-order chi connectivity index (χ0) is 60.7. The average Bonchev–Trinajstić information content (AvgIpc) is 4.35. The molecule has 458 valence electrons. The van der Waals surface area contributed by atoms with Crippen molar-refractivity contribution < 1.29 is 47.7 Å². The number of methoxy groups -OCH3 is 2. The molecule has 6 amide bonds. The van der Waals surface area contributed by atoms with Gasteiger partial charge < -0.3 is 71.3 Å². The third kappa shape index (κ3) is 19.3. The van der Waals surface area contributed by atoms with Crippen molar-refractivity contribution >= 4 is 35.4 Å². The summed E-state index contributed by atoms with van der Waals surface area (Å²) >= 11 is 0. The Kier molecular flexibility index (Phi) is 26.4. The lowest BCUT2D eigenvalue weighted by atomic mass is 10.0. The lowest BCUT2D eigenvalue weighted by Gasteiger charge is -2.36. The highest BCUT2D eigenvalue weighted by Gasteiger charge is 2.41. The van der Waals surface area contributed by atoms with Crippen LogP contribution in [-0.4, -0.2) is 196 Å². The van der Waals surface area contributed by atoms with E-state index in [9.17, 15) is 28.8 Å². The number of nitrogens with zero attached hydrogens (tertiary/aromatic N) is 4. The first-order valence-electron chi connectivity index (χ1n) is 29.7. The third-order valence-electron chi connectivity index (χ3n) is 16.3. The van der Waals surface area contributed by atoms with Gasteiger partial charge in [0, 0.05) is 51.4 Å². The number of hydrogen-bond donors (Lipinski definition) is 6. The second-order valence-corrected chi connectivity index (χ2v) is 22.2. The topological polar surface area (TPSA) is 252 Å². The fourth-order valence-corrected chi connectivity index (χ4v) is 10.8. The molecule has 0 bridgehead atoms. The normalized spacial score (nSPS) is 17.9. The van der Waals surface area contributed by atoms with Gasteiger partial charge in [0.1, 0.15) is 23.6 Å². The van der Waals surface area contributed by atoms with Crippen LogP contribution >= 0.6 is 0 Å². The van der Waals surface area contributed by atoms with E-state index >= 15 is 0 Å². The molecule has 2 saturated heterocycles. The number of carbonyl (C=O) groups is 6. The van der Waals surface area contributed by atoms with Crippen molar-refractivity contribution in [2.24, 2.45) is 11.5 Å². The van der Waals surface area contributed by atoms with Crippen molar-refractivity contribution in [1.82, 2.24) is 40.9 Å². The molecule has 84 heavy (non-hydrogen) atoms. The van der Waals surface area contributed by atoms with Gasteiger partial charge in [-0.05, 0) is 140 Å². The zero-order valence-corrected chi connectivity index (χ0v) is 50.5. The lowest BCUT2D eigenvalue weighted by Crippen LogP contribution is -2.59. The molecule has 10 atom stereocenters. The maximum absolute atomic E-state index is 14.9. The fourth-order valence-electron chi connectivity index (χ4n) is 10.8. The standard InChI is InChI=1S/C64H92N10O10/c1-43(67-5)59(75)69-57(63(79)73-33-15-21-51(73)41-71(35-31-47-17-11-9-12-18-47)61(77)55(65)39-49-23-27-53(81-7)28-24-49)45(3)83-37-38-84-46(4)58(70-60(76)44(2)68-6)64(80)74-34-16-22-52(74)42-72(36-32-48-19-13-10-14-20-48)62(78)56(66)40-50-25-29-54(82-8)30-26-50/h9-14,17-20,23-30,43-46,51-52,55-58,67-68H,15-16,21-22,31-42,65-66H2,1-8H3,(H,69,75)(H,70,76)/t43-,44-,45+,46+,51-,52-,55+,56+,57-,58-/m0/s1. The van der Waals surface area contributed by atoms with Crippen molar-refractivity contribution in [3.8, 4) is 11.5 Å². The molecule has 4 aromatic carbocycles. The van der Waals surface area contributed by atoms with Crippen molar-refractivity contribution in [2.75, 3.05) is 80.8 Å². The molecule has 0 spiro atoms. The predicted octanol–water partition coefficient (Wildman–Crippen LogP) is 3.26. The number of nitrogens with one attached hydrogen (secondary N) is 4. The van der Waals surface area contributed by atoms with E-state index in [0.29, 0.717) is 89.0 Å². The SMILES string of the molecule is CN[C@@H](C)C(=O)N[C@H](C(=O)N1CCC[C@H]1CN(CCc1ccccc1)C(=O)[C@H](N)Cc1ccc(OC)cc1)[C@@H](C)OCCO[C@H](C)[C@H](NC(=O)[C@H](C)NC)C(=O)N1CCC[C@H]1CN(CCc1ccccc1)C(=O)[C@H](N)Cc1ccc(OC)cc1. The summed E-state index contributed by atoms with van der Waals surface area (Å²) in [6.07, 6.45) is 2.75. The molecule has 0 unspecified atom stereocenters. The van der Waals surface area contributed by atoms with E-state index < -0.39 is 60.3 Å². The van der Waals surface area contributed by atoms with Gasteiger partial charge in [0.2, 0.25) is 35.4 Å². The molecule has 0 aliphatic carbocycles. The number of rotatable bonds is 33. The summed E-state index contributed by atoms with van der Waals surface area (Å²) in [6.45, 7) is 8.84. The molecule has 2 heterocycles. The number of benzene rings is 4. The largest absolute Gasteiger partial charge is 0.497 e. The van der Waals surface area contributed by atoms with Crippen LogP contribution in [0, 0.1) is 0 Å². The molecule has 4 aromatic rings. The van der Waals surface area contributed by atoms with Crippen LogP contribution < -0.4 is 42.2 Å². The maximum atomic E-state index is 14.9. The van der Waals surface area contributed by atoms with Crippen LogP contribution in [0.4, 0.5) is 0 Å². The Morgan fingerprint density at radius 1 is 0.536 bits per heavy atom. The van der Waals surface area contributed by atoms with E-state index in [1.165, 1.54) is 0 Å². The van der Waals surface area contributed by atoms with E-state index in [0.717, 1.165) is 22.3 Å². The van der Waals surface area contributed by atoms with Gasteiger partial charge in [-0.25, -0.2) is 0 Å². The highest BCUT2D eigenvalue weighted by molar-refractivity contribution is 5.91. The molecule has 20 heteroatoms. The van der Waals surface area contributed by atoms with Crippen LogP contribution in [0.5, 0.6) is 11.5 Å². The maximum Gasteiger partial charge on any atom is 0.248 e. The molecule has 8 N–H and O–H groups in total. The number of likely N-dealkylation sites (N-methyl/N-ethyl adjacent to an activating group) is 2. The van der Waals surface area contributed by atoms with Gasteiger partial charge >= 0.3 is 0 Å². The number of carbonyl (C=O) groups excluding carboxylic acids is 6. The van der Waals surface area contributed by atoms with E-state index in [1.807, 2.05) is 109 Å². The summed E-state index contributed by atoms with van der Waals surface area (Å²) in [6, 6.07) is 28.8. The fraction of sp³-hybridized carbons (Fsp3) is 0.531. The Balaban J connectivity index is 1.13. The quantitative estimate of drug-likeness (QED) is 0.0375. The van der Waals surface area contributed by atoms with Gasteiger partial charge in [-0.2, -0.15) is 0 Å². The van der Waals surface area contributed by atoms with Crippen LogP contribution in [0.25, 0.3) is 0 Å². The molecule has 2 fully saturated rings. The average molecular weight is 1160 g/mol. The molecule has 0 radical (unpaired) electrons. The molecule has 20 nitrogen and oxygen atoms in total. The number of amides is 6. The van der Waals surface area contributed by atoms with Crippen molar-refractivity contribution in [3.05, 3.63) is 131 Å². The van der Waals surface area contributed by atoms with Crippen LogP contribution in [0.2, 0.25) is 0 Å². The minimum Gasteiger partial charge on any atom is -0.497 e. The van der Waals surface area contributed by atoms with Crippen molar-refractivity contribution in [2.45, 2.75) is 140 Å². The van der Waals surface area contributed by atoms with Crippen LogP contribution in [0.15, 0.2) is 109 Å². The van der Waals surface area contributed by atoms with Crippen LogP contribution in [-0.2, 0) is 63.9 Å². The van der Waals surface area contributed by atoms with E-state index in [4.69, 9.17) is 30.4 Å². The molecule has 2 aliphatic rings. The predicted molar refractivity (Wildman–Crippen MR) is 324 cm³/mol. The first-order valence-corrected chi connectivity index (χ1v) is 29.7. The summed E-state index contributed by atoms with van der Waals surface area (Å²) < 4.78 is 23.3. The van der Waals surface area contributed by atoms with E-state index in [-0.39, 0.29) is 62.0 Å². The molecule has 6 rings (SSSR count). The summed E-state index contributed by atoms with van der Waals surface area (Å²) in [7, 11) is 6.51. The number of likely N-dealkylation sites (tertiary alicyclic amines) is 2. The highest BCUT2D eigenvalue weighted by atomic mass is 16.5. The summed E-state index contributed by atoms with van der Waals surface area (Å²) in [4.78, 5) is 92.6. The Labute approximate surface area is 497 Å². The first kappa shape index (κ1) is 66.2. The minimum atomic E-state index is -1.11. The highest BCUT2D eigenvalue weighted by Crippen LogP contribution is 2.25. The lowest BCUT2D eigenvalue weighted by molar-refractivity contribution is -0.145. The van der Waals surface area contributed by atoms with Gasteiger partial charge in [0.25, 0.3) is 0 Å². The second-order valence-electron chi connectivity index (χ2n) is 22.2. The third-order valence-corrected chi connectivity index (χ3v) is 16.3. The first-order chi connectivity index (χ1) is 40.4. The molecular weight excluding hydrogens is 1070 g/mol. The van der Waals surface area contributed by atoms with Gasteiger partial charge in [-0.1, -0.05) is 84.9 Å². The van der Waals surface area contributed by atoms with Crippen molar-refractivity contribution in [1.29, 1.82) is 0 Å². The molecule has 0 saturated carbocycles. The monoisotopic (exact) mass is 1160 g/mol. The minimum absolute atomic E-state index is 0.0343. The van der Waals surface area contributed by atoms with Gasteiger partial charge in [-0.15, -0.1) is 0 Å². The molecular formula is C64H92N10O10. The molecule has 2 aliphatic heterocycles. The van der Waals surface area contributed by atoms with Crippen LogP contribution in [0.1, 0.15) is 75.6 Å². The smallest absolute Gasteiger partial charge is 0.248 e. The van der Waals surface area contributed by atoms with Gasteiger partial charge in [0.05, 0.1) is 63.8 Å². The summed E-state index contributed by atoms with van der Waals surface area (Å²) in [5.74, 6) is -0.541. The van der Waals surface area contributed by atoms with Crippen LogP contribution in [0.3, 0.4) is 0 Å². The molecule has 0 aromatic heterocycles. The van der Waals surface area contributed by atoms with Crippen molar-refractivity contribution in [3.63, 3.8) is 0 Å². The number of ether oxygens (including phenoxy) is 4. The summed E-state index contributed by atoms with van der Waals surface area (Å²) in [5, 5.41) is 11.8. The Bertz CT molecular complexity index is 2510. The summed E-state index contributed by atoms with van der Waals surface area (Å²) in [5.41, 5.74) is 17.2.